The van der Waals surface area contributed by atoms with E-state index in [0.717, 1.165) is 54.9 Å². The standard InChI is InChI=1S/C17H20ClN7O2.C2H6/c1-10-13-16(23-25(10)11-3-7-26-8-4-11)27-6-2-5-24-15-12(14(18)22-24)9-19-17(20-13)21-15;1-2/h9,11H,2-8H2,1H3,(H,19,20,21);1-2H3. The second-order valence-electron chi connectivity index (χ2n) is 6.83. The van der Waals surface area contributed by atoms with E-state index in [1.54, 1.807) is 10.9 Å². The number of rotatable bonds is 1. The maximum atomic E-state index is 6.21. The highest BCUT2D eigenvalue weighted by molar-refractivity contribution is 6.34. The van der Waals surface area contributed by atoms with Crippen LogP contribution in [0.2, 0.25) is 5.15 Å². The number of hydrogen-bond acceptors (Lipinski definition) is 7. The van der Waals surface area contributed by atoms with Gasteiger partial charge in [-0.2, -0.15) is 10.1 Å². The van der Waals surface area contributed by atoms with Crippen molar-refractivity contribution in [1.82, 2.24) is 29.5 Å². The summed E-state index contributed by atoms with van der Waals surface area (Å²) in [5.74, 6) is 1.06. The van der Waals surface area contributed by atoms with Gasteiger partial charge in [-0.05, 0) is 19.8 Å². The highest BCUT2D eigenvalue weighted by atomic mass is 35.5. The van der Waals surface area contributed by atoms with E-state index < -0.39 is 0 Å². The molecule has 2 aliphatic rings. The zero-order valence-corrected chi connectivity index (χ0v) is 17.7. The molecule has 156 valence electrons. The van der Waals surface area contributed by atoms with E-state index >= 15 is 0 Å². The summed E-state index contributed by atoms with van der Waals surface area (Å²) in [6.45, 7) is 8.74. The van der Waals surface area contributed by atoms with Crippen LogP contribution in [0.3, 0.4) is 0 Å². The number of nitrogens with zero attached hydrogens (tertiary/aromatic N) is 6. The van der Waals surface area contributed by atoms with Crippen LogP contribution in [0.25, 0.3) is 11.0 Å². The van der Waals surface area contributed by atoms with Gasteiger partial charge in [0.2, 0.25) is 5.95 Å². The first-order valence-electron chi connectivity index (χ1n) is 10.2. The van der Waals surface area contributed by atoms with Gasteiger partial charge in [-0.25, -0.2) is 9.67 Å². The molecule has 0 radical (unpaired) electrons. The molecule has 1 N–H and O–H groups in total. The minimum absolute atomic E-state index is 0.313. The molecule has 5 heterocycles. The van der Waals surface area contributed by atoms with Gasteiger partial charge in [0.15, 0.2) is 10.8 Å². The zero-order valence-electron chi connectivity index (χ0n) is 17.0. The van der Waals surface area contributed by atoms with Crippen LogP contribution < -0.4 is 10.1 Å². The maximum Gasteiger partial charge on any atom is 0.257 e. The molecule has 3 aromatic heterocycles. The molecule has 2 aliphatic heterocycles. The third-order valence-corrected chi connectivity index (χ3v) is 5.37. The molecule has 2 bridgehead atoms. The van der Waals surface area contributed by atoms with Crippen molar-refractivity contribution in [2.75, 3.05) is 25.1 Å². The van der Waals surface area contributed by atoms with Crippen molar-refractivity contribution >= 4 is 34.3 Å². The lowest BCUT2D eigenvalue weighted by Crippen LogP contribution is -2.21. The lowest BCUT2D eigenvalue weighted by atomic mass is 10.1. The smallest absolute Gasteiger partial charge is 0.257 e. The Labute approximate surface area is 174 Å². The Kier molecular flexibility index (Phi) is 5.86. The molecule has 0 unspecified atom stereocenters. The highest BCUT2D eigenvalue weighted by Crippen LogP contribution is 2.34. The fourth-order valence-electron chi connectivity index (χ4n) is 3.66. The predicted octanol–water partition coefficient (Wildman–Crippen LogP) is 3.89. The van der Waals surface area contributed by atoms with E-state index in [9.17, 15) is 0 Å². The van der Waals surface area contributed by atoms with Crippen molar-refractivity contribution in [2.24, 2.45) is 0 Å². The highest BCUT2D eigenvalue weighted by Gasteiger charge is 2.25. The third-order valence-electron chi connectivity index (χ3n) is 5.09. The van der Waals surface area contributed by atoms with E-state index in [2.05, 4.69) is 20.4 Å². The van der Waals surface area contributed by atoms with Crippen LogP contribution in [-0.2, 0) is 11.3 Å². The molecule has 29 heavy (non-hydrogen) atoms. The average Bonchev–Trinajstić information content (AvgIpc) is 3.23. The van der Waals surface area contributed by atoms with Crippen molar-refractivity contribution in [3.63, 3.8) is 0 Å². The second kappa shape index (κ2) is 8.54. The molecular formula is C19H26ClN7O2. The largest absolute Gasteiger partial charge is 0.475 e. The molecule has 9 nitrogen and oxygen atoms in total. The first-order valence-corrected chi connectivity index (χ1v) is 10.5. The molecule has 0 aromatic carbocycles. The van der Waals surface area contributed by atoms with Crippen molar-refractivity contribution in [3.05, 3.63) is 17.0 Å². The quantitative estimate of drug-likeness (QED) is 0.639. The molecule has 5 rings (SSSR count). The summed E-state index contributed by atoms with van der Waals surface area (Å²) in [4.78, 5) is 9.02. The molecule has 0 amide bonds. The Morgan fingerprint density at radius 1 is 1.17 bits per heavy atom. The SMILES string of the molecule is CC.Cc1c2c(nn1C1CCOCC1)OCCCn1nc(Cl)c3cnc(nc31)N2. The summed E-state index contributed by atoms with van der Waals surface area (Å²) in [5, 5.41) is 13.5. The van der Waals surface area contributed by atoms with Crippen LogP contribution in [-0.4, -0.2) is 49.3 Å². The van der Waals surface area contributed by atoms with Gasteiger partial charge in [0.25, 0.3) is 5.88 Å². The van der Waals surface area contributed by atoms with Gasteiger partial charge in [-0.1, -0.05) is 25.4 Å². The summed E-state index contributed by atoms with van der Waals surface area (Å²) < 4.78 is 15.3. The lowest BCUT2D eigenvalue weighted by molar-refractivity contribution is 0.0652. The first-order chi connectivity index (χ1) is 14.2. The van der Waals surface area contributed by atoms with Gasteiger partial charge in [0.1, 0.15) is 5.69 Å². The van der Waals surface area contributed by atoms with Crippen molar-refractivity contribution in [3.8, 4) is 5.88 Å². The van der Waals surface area contributed by atoms with Crippen molar-refractivity contribution in [2.45, 2.75) is 52.6 Å². The number of nitrogens with one attached hydrogen (secondary N) is 1. The normalized spacial score (nSPS) is 17.0. The Morgan fingerprint density at radius 3 is 2.76 bits per heavy atom. The van der Waals surface area contributed by atoms with Crippen molar-refractivity contribution in [1.29, 1.82) is 0 Å². The monoisotopic (exact) mass is 419 g/mol. The number of anilines is 2. The number of ether oxygens (including phenoxy) is 2. The van der Waals surface area contributed by atoms with Crippen LogP contribution in [0.4, 0.5) is 11.6 Å². The fourth-order valence-corrected chi connectivity index (χ4v) is 3.88. The van der Waals surface area contributed by atoms with Crippen LogP contribution >= 0.6 is 11.6 Å². The summed E-state index contributed by atoms with van der Waals surface area (Å²) in [6.07, 6.45) is 4.37. The molecule has 0 atom stereocenters. The van der Waals surface area contributed by atoms with Crippen molar-refractivity contribution < 1.29 is 9.47 Å². The molecular weight excluding hydrogens is 394 g/mol. The first kappa shape index (κ1) is 19.9. The zero-order chi connectivity index (χ0) is 20.4. The minimum Gasteiger partial charge on any atom is -0.475 e. The van der Waals surface area contributed by atoms with Gasteiger partial charge in [0, 0.05) is 32.4 Å². The summed E-state index contributed by atoms with van der Waals surface area (Å²) in [7, 11) is 0. The van der Waals surface area contributed by atoms with Crippen LogP contribution in [0.5, 0.6) is 5.88 Å². The van der Waals surface area contributed by atoms with E-state index in [-0.39, 0.29) is 0 Å². The molecule has 0 spiro atoms. The third kappa shape index (κ3) is 3.76. The summed E-state index contributed by atoms with van der Waals surface area (Å²) in [6, 6.07) is 0.313. The van der Waals surface area contributed by atoms with Gasteiger partial charge >= 0.3 is 0 Å². The second-order valence-corrected chi connectivity index (χ2v) is 7.18. The Bertz CT molecular complexity index is 994. The van der Waals surface area contributed by atoms with Crippen LogP contribution in [0.15, 0.2) is 6.20 Å². The van der Waals surface area contributed by atoms with Crippen LogP contribution in [0.1, 0.15) is 44.8 Å². The number of fused-ring (bicyclic) bond motifs is 2. The maximum absolute atomic E-state index is 6.21. The Morgan fingerprint density at radius 2 is 1.97 bits per heavy atom. The number of hydrogen-bond donors (Lipinski definition) is 1. The lowest BCUT2D eigenvalue weighted by Gasteiger charge is -2.23. The Balaban J connectivity index is 0.000000994. The van der Waals surface area contributed by atoms with E-state index in [4.69, 9.17) is 26.2 Å². The molecule has 3 aromatic rings. The van der Waals surface area contributed by atoms with E-state index in [1.807, 2.05) is 25.5 Å². The number of aryl methyl sites for hydroxylation is 1. The molecule has 0 aliphatic carbocycles. The summed E-state index contributed by atoms with van der Waals surface area (Å²) in [5.41, 5.74) is 2.53. The molecule has 0 saturated carbocycles. The van der Waals surface area contributed by atoms with Crippen LogP contribution in [0, 0.1) is 6.92 Å². The van der Waals surface area contributed by atoms with Gasteiger partial charge in [-0.15, -0.1) is 5.10 Å². The van der Waals surface area contributed by atoms with E-state index in [1.165, 1.54) is 0 Å². The summed E-state index contributed by atoms with van der Waals surface area (Å²) >= 11 is 6.21. The molecule has 10 heteroatoms. The number of halogens is 1. The average molecular weight is 420 g/mol. The molecule has 1 saturated heterocycles. The van der Waals surface area contributed by atoms with Gasteiger partial charge in [0.05, 0.1) is 23.7 Å². The molecule has 1 fully saturated rings. The minimum atomic E-state index is 0.313. The Hall–Kier alpha value is -2.39. The number of aromatic nitrogens is 6. The van der Waals surface area contributed by atoms with Gasteiger partial charge in [-0.3, -0.25) is 4.68 Å². The fraction of sp³-hybridized carbons (Fsp3) is 0.579. The van der Waals surface area contributed by atoms with E-state index in [0.29, 0.717) is 36.2 Å². The predicted molar refractivity (Wildman–Crippen MR) is 111 cm³/mol. The van der Waals surface area contributed by atoms with Gasteiger partial charge < -0.3 is 14.8 Å². The topological polar surface area (TPSA) is 91.9 Å².